The molecule has 1 rings (SSSR count). The first-order valence-electron chi connectivity index (χ1n) is 9.79. The Kier molecular flexibility index (Phi) is 12.9. The standard InChI is InChI=1S/C21H36N4O3.HI/c1-7-22-19(23-12-16(2)15-26)24-13-17-8-10-18(11-9-17)14-25(6)20(27)28-21(3,4)5;/h8-11,16,26H,7,12-15H2,1-6H3,(H2,22,23,24);1H. The van der Waals surface area contributed by atoms with E-state index in [0.717, 1.165) is 23.6 Å². The number of aliphatic hydroxyl groups excluding tert-OH is 1. The Morgan fingerprint density at radius 2 is 1.79 bits per heavy atom. The average Bonchev–Trinajstić information content (AvgIpc) is 2.63. The van der Waals surface area contributed by atoms with Crippen LogP contribution in [0.2, 0.25) is 0 Å². The fourth-order valence-electron chi connectivity index (χ4n) is 2.28. The van der Waals surface area contributed by atoms with E-state index in [1.165, 1.54) is 0 Å². The monoisotopic (exact) mass is 520 g/mol. The second kappa shape index (κ2) is 13.6. The highest BCUT2D eigenvalue weighted by molar-refractivity contribution is 14.0. The molecule has 8 heteroatoms. The molecule has 166 valence electrons. The van der Waals surface area contributed by atoms with Gasteiger partial charge in [-0.15, -0.1) is 24.0 Å². The number of ether oxygens (including phenoxy) is 1. The number of nitrogens with zero attached hydrogens (tertiary/aromatic N) is 2. The number of nitrogens with one attached hydrogen (secondary N) is 2. The molecular formula is C21H37IN4O3. The van der Waals surface area contributed by atoms with Crippen molar-refractivity contribution in [3.8, 4) is 0 Å². The van der Waals surface area contributed by atoms with Crippen molar-refractivity contribution >= 4 is 36.0 Å². The fraction of sp³-hybridized carbons (Fsp3) is 0.619. The van der Waals surface area contributed by atoms with Crippen LogP contribution in [0.4, 0.5) is 4.79 Å². The lowest BCUT2D eigenvalue weighted by Crippen LogP contribution is -2.39. The number of carbonyl (C=O) groups excluding carboxylic acids is 1. The van der Waals surface area contributed by atoms with E-state index < -0.39 is 5.60 Å². The van der Waals surface area contributed by atoms with Crippen molar-refractivity contribution in [3.63, 3.8) is 0 Å². The summed E-state index contributed by atoms with van der Waals surface area (Å²) in [6.07, 6.45) is -0.334. The highest BCUT2D eigenvalue weighted by Gasteiger charge is 2.19. The zero-order valence-corrected chi connectivity index (χ0v) is 20.8. The number of rotatable bonds is 8. The normalized spacial score (nSPS) is 12.6. The van der Waals surface area contributed by atoms with Crippen LogP contribution >= 0.6 is 24.0 Å². The maximum absolute atomic E-state index is 12.1. The number of amides is 1. The van der Waals surface area contributed by atoms with Crippen LogP contribution in [0.3, 0.4) is 0 Å². The molecule has 0 saturated carbocycles. The van der Waals surface area contributed by atoms with Gasteiger partial charge in [0, 0.05) is 33.3 Å². The highest BCUT2D eigenvalue weighted by atomic mass is 127. The molecule has 0 aliphatic rings. The van der Waals surface area contributed by atoms with E-state index in [1.54, 1.807) is 11.9 Å². The first-order chi connectivity index (χ1) is 13.1. The lowest BCUT2D eigenvalue weighted by atomic mass is 10.1. The second-order valence-electron chi connectivity index (χ2n) is 8.02. The fourth-order valence-corrected chi connectivity index (χ4v) is 2.28. The third-order valence-electron chi connectivity index (χ3n) is 3.84. The molecule has 0 aromatic heterocycles. The van der Waals surface area contributed by atoms with E-state index in [0.29, 0.717) is 19.6 Å². The Hall–Kier alpha value is -1.55. The Morgan fingerprint density at radius 1 is 1.21 bits per heavy atom. The molecule has 1 atom stereocenters. The number of carbonyl (C=O) groups is 1. The molecule has 0 spiro atoms. The quantitative estimate of drug-likeness (QED) is 0.278. The minimum absolute atomic E-state index is 0. The maximum Gasteiger partial charge on any atom is 0.410 e. The summed E-state index contributed by atoms with van der Waals surface area (Å²) >= 11 is 0. The van der Waals surface area contributed by atoms with Crippen molar-refractivity contribution < 1.29 is 14.6 Å². The molecule has 0 aliphatic heterocycles. The Morgan fingerprint density at radius 3 is 2.31 bits per heavy atom. The Balaban J connectivity index is 0.00000784. The number of hydrogen-bond donors (Lipinski definition) is 3. The van der Waals surface area contributed by atoms with Gasteiger partial charge in [0.15, 0.2) is 5.96 Å². The molecule has 3 N–H and O–H groups in total. The topological polar surface area (TPSA) is 86.2 Å². The van der Waals surface area contributed by atoms with Crippen molar-refractivity contribution in [2.45, 2.75) is 53.3 Å². The van der Waals surface area contributed by atoms with Gasteiger partial charge in [-0.25, -0.2) is 9.79 Å². The van der Waals surface area contributed by atoms with Gasteiger partial charge in [-0.3, -0.25) is 0 Å². The number of hydrogen-bond acceptors (Lipinski definition) is 4. The van der Waals surface area contributed by atoms with Gasteiger partial charge < -0.3 is 25.4 Å². The third-order valence-corrected chi connectivity index (χ3v) is 3.84. The summed E-state index contributed by atoms with van der Waals surface area (Å²) in [5.41, 5.74) is 1.61. The van der Waals surface area contributed by atoms with E-state index in [-0.39, 0.29) is 42.6 Å². The van der Waals surface area contributed by atoms with Crippen LogP contribution in [0.25, 0.3) is 0 Å². The van der Waals surface area contributed by atoms with Gasteiger partial charge in [0.25, 0.3) is 0 Å². The molecule has 0 aliphatic carbocycles. The van der Waals surface area contributed by atoms with Gasteiger partial charge in [-0.05, 0) is 44.7 Å². The molecule has 1 unspecified atom stereocenters. The van der Waals surface area contributed by atoms with E-state index in [1.807, 2.05) is 58.9 Å². The summed E-state index contributed by atoms with van der Waals surface area (Å²) in [7, 11) is 1.73. The van der Waals surface area contributed by atoms with Crippen LogP contribution in [-0.4, -0.2) is 54.4 Å². The summed E-state index contributed by atoms with van der Waals surface area (Å²) < 4.78 is 5.37. The molecule has 0 fully saturated rings. The Bertz CT molecular complexity index is 630. The van der Waals surface area contributed by atoms with Crippen molar-refractivity contribution in [1.29, 1.82) is 0 Å². The molecule has 0 bridgehead atoms. The van der Waals surface area contributed by atoms with Crippen molar-refractivity contribution in [2.75, 3.05) is 26.7 Å². The maximum atomic E-state index is 12.1. The summed E-state index contributed by atoms with van der Waals surface area (Å²) in [5.74, 6) is 0.904. The van der Waals surface area contributed by atoms with Gasteiger partial charge in [-0.2, -0.15) is 0 Å². The largest absolute Gasteiger partial charge is 0.444 e. The molecule has 0 heterocycles. The van der Waals surface area contributed by atoms with Crippen molar-refractivity contribution in [2.24, 2.45) is 10.9 Å². The van der Waals surface area contributed by atoms with Gasteiger partial charge in [0.1, 0.15) is 5.60 Å². The second-order valence-corrected chi connectivity index (χ2v) is 8.02. The van der Waals surface area contributed by atoms with Crippen LogP contribution in [0, 0.1) is 5.92 Å². The molecular weight excluding hydrogens is 483 g/mol. The van der Waals surface area contributed by atoms with E-state index >= 15 is 0 Å². The molecule has 1 aromatic rings. The van der Waals surface area contributed by atoms with Gasteiger partial charge in [0.2, 0.25) is 0 Å². The summed E-state index contributed by atoms with van der Waals surface area (Å²) in [5, 5.41) is 15.6. The van der Waals surface area contributed by atoms with Crippen LogP contribution in [0.15, 0.2) is 29.3 Å². The third kappa shape index (κ3) is 11.9. The zero-order valence-electron chi connectivity index (χ0n) is 18.5. The van der Waals surface area contributed by atoms with Gasteiger partial charge in [-0.1, -0.05) is 31.2 Å². The number of aliphatic hydroxyl groups is 1. The van der Waals surface area contributed by atoms with E-state index in [4.69, 9.17) is 9.84 Å². The minimum atomic E-state index is -0.500. The molecule has 0 radical (unpaired) electrons. The lowest BCUT2D eigenvalue weighted by Gasteiger charge is -2.24. The van der Waals surface area contributed by atoms with Crippen LogP contribution in [0.1, 0.15) is 45.7 Å². The van der Waals surface area contributed by atoms with Gasteiger partial charge in [0.05, 0.1) is 6.54 Å². The van der Waals surface area contributed by atoms with E-state index in [2.05, 4.69) is 15.6 Å². The van der Waals surface area contributed by atoms with Crippen LogP contribution in [0.5, 0.6) is 0 Å². The first kappa shape index (κ1) is 27.5. The summed E-state index contributed by atoms with van der Waals surface area (Å²) in [6, 6.07) is 8.03. The van der Waals surface area contributed by atoms with Crippen molar-refractivity contribution in [1.82, 2.24) is 15.5 Å². The van der Waals surface area contributed by atoms with Crippen LogP contribution < -0.4 is 10.6 Å². The van der Waals surface area contributed by atoms with Gasteiger partial charge >= 0.3 is 6.09 Å². The summed E-state index contributed by atoms with van der Waals surface area (Å²) in [4.78, 5) is 18.2. The average molecular weight is 520 g/mol. The predicted molar refractivity (Wildman–Crippen MR) is 129 cm³/mol. The number of aliphatic imine (C=N–C) groups is 1. The lowest BCUT2D eigenvalue weighted by molar-refractivity contribution is 0.0285. The molecule has 1 amide bonds. The molecule has 29 heavy (non-hydrogen) atoms. The number of benzene rings is 1. The zero-order chi connectivity index (χ0) is 21.2. The molecule has 1 aromatic carbocycles. The minimum Gasteiger partial charge on any atom is -0.444 e. The SMILES string of the molecule is CCNC(=NCc1ccc(CN(C)C(=O)OC(C)(C)C)cc1)NCC(C)CO.I. The van der Waals surface area contributed by atoms with E-state index in [9.17, 15) is 4.79 Å². The van der Waals surface area contributed by atoms with Crippen LogP contribution in [-0.2, 0) is 17.8 Å². The first-order valence-corrected chi connectivity index (χ1v) is 9.79. The predicted octanol–water partition coefficient (Wildman–Crippen LogP) is 3.36. The number of halogens is 1. The molecule has 7 nitrogen and oxygen atoms in total. The number of guanidine groups is 1. The van der Waals surface area contributed by atoms with Crippen molar-refractivity contribution in [3.05, 3.63) is 35.4 Å². The smallest absolute Gasteiger partial charge is 0.410 e. The highest BCUT2D eigenvalue weighted by Crippen LogP contribution is 2.12. The Labute approximate surface area is 192 Å². The summed E-state index contributed by atoms with van der Waals surface area (Å²) in [6.45, 7) is 12.2. The molecule has 0 saturated heterocycles.